The zero-order valence-corrected chi connectivity index (χ0v) is 26.9. The normalized spacial score (nSPS) is 12.5. The molecule has 0 bridgehead atoms. The highest BCUT2D eigenvalue weighted by Gasteiger charge is 2.54. The van der Waals surface area contributed by atoms with Crippen LogP contribution in [0.5, 0.6) is 0 Å². The van der Waals surface area contributed by atoms with Gasteiger partial charge in [-0.25, -0.2) is 9.13 Å². The molecule has 47 heavy (non-hydrogen) atoms. The summed E-state index contributed by atoms with van der Waals surface area (Å²) in [6, 6.07) is 54.1. The Hall–Kier alpha value is -4.42. The molecule has 0 spiro atoms. The Balaban J connectivity index is 1.67. The molecule has 6 aromatic carbocycles. The second-order valence-corrected chi connectivity index (χ2v) is 13.7. The van der Waals surface area contributed by atoms with Crippen LogP contribution in [0.25, 0.3) is 0 Å². The molecule has 6 aromatic rings. The van der Waals surface area contributed by atoms with Crippen molar-refractivity contribution in [3.8, 4) is 0 Å². The van der Waals surface area contributed by atoms with Gasteiger partial charge in [-0.05, 0) is 33.4 Å². The number of phosphoric ester groups is 1. The van der Waals surface area contributed by atoms with Crippen molar-refractivity contribution >= 4 is 15.6 Å². The smallest absolute Gasteiger partial charge is 0.302 e. The van der Waals surface area contributed by atoms with Crippen LogP contribution in [0.4, 0.5) is 0 Å². The topological polar surface area (TPSA) is 102 Å². The van der Waals surface area contributed by atoms with E-state index in [0.717, 1.165) is 0 Å². The van der Waals surface area contributed by atoms with Crippen LogP contribution in [-0.4, -0.2) is 9.79 Å². The van der Waals surface area contributed by atoms with Crippen molar-refractivity contribution in [3.05, 3.63) is 215 Å². The van der Waals surface area contributed by atoms with Crippen molar-refractivity contribution < 1.29 is 32.3 Å². The summed E-state index contributed by atoms with van der Waals surface area (Å²) in [6.07, 6.45) is 0. The molecule has 236 valence electrons. The fourth-order valence-electron chi connectivity index (χ4n) is 5.87. The van der Waals surface area contributed by atoms with Crippen molar-refractivity contribution in [1.29, 1.82) is 0 Å². The number of hydrogen-bond donors (Lipinski definition) is 2. The summed E-state index contributed by atoms with van der Waals surface area (Å²) in [5.74, 6) is 0. The van der Waals surface area contributed by atoms with Gasteiger partial charge >= 0.3 is 15.6 Å². The summed E-state index contributed by atoms with van der Waals surface area (Å²) in [5.41, 5.74) is -0.268. The minimum atomic E-state index is -5.52. The van der Waals surface area contributed by atoms with Crippen LogP contribution < -0.4 is 0 Å². The lowest BCUT2D eigenvalue weighted by Gasteiger charge is -2.41. The number of phosphoric acid groups is 2. The molecule has 0 fully saturated rings. The molecule has 0 aliphatic carbocycles. The monoisotopic (exact) mass is 662 g/mol. The van der Waals surface area contributed by atoms with Crippen LogP contribution in [0, 0.1) is 0 Å². The molecule has 0 unspecified atom stereocenters. The van der Waals surface area contributed by atoms with Crippen LogP contribution in [0.2, 0.25) is 0 Å². The maximum absolute atomic E-state index is 15.5. The second kappa shape index (κ2) is 13.7. The molecular formula is C38H32O7P2. The van der Waals surface area contributed by atoms with Crippen molar-refractivity contribution in [2.24, 2.45) is 0 Å². The lowest BCUT2D eigenvalue weighted by molar-refractivity contribution is 0.0332. The molecule has 2 N–H and O–H groups in total. The van der Waals surface area contributed by atoms with Crippen LogP contribution in [0.3, 0.4) is 0 Å². The Morgan fingerprint density at radius 1 is 0.362 bits per heavy atom. The van der Waals surface area contributed by atoms with E-state index >= 15 is 4.57 Å². The van der Waals surface area contributed by atoms with E-state index < -0.39 is 26.8 Å². The van der Waals surface area contributed by atoms with Gasteiger partial charge in [0.25, 0.3) is 0 Å². The third-order valence-corrected chi connectivity index (χ3v) is 10.4. The maximum atomic E-state index is 15.5. The van der Waals surface area contributed by atoms with Gasteiger partial charge in [0.1, 0.15) is 0 Å². The first-order valence-corrected chi connectivity index (χ1v) is 17.9. The molecule has 0 atom stereocenters. The Labute approximate surface area is 273 Å². The Bertz CT molecular complexity index is 1650. The van der Waals surface area contributed by atoms with Gasteiger partial charge in [0.15, 0.2) is 11.2 Å². The third-order valence-electron chi connectivity index (χ3n) is 7.79. The molecule has 0 aliphatic rings. The first-order chi connectivity index (χ1) is 22.8. The van der Waals surface area contributed by atoms with Gasteiger partial charge in [-0.15, -0.1) is 0 Å². The molecule has 0 aliphatic heterocycles. The van der Waals surface area contributed by atoms with Crippen molar-refractivity contribution in [2.45, 2.75) is 11.2 Å². The van der Waals surface area contributed by atoms with E-state index in [9.17, 15) is 14.4 Å². The molecular weight excluding hydrogens is 630 g/mol. The van der Waals surface area contributed by atoms with E-state index in [1.807, 2.05) is 36.4 Å². The van der Waals surface area contributed by atoms with Gasteiger partial charge in [-0.2, -0.15) is 4.31 Å². The fourth-order valence-corrected chi connectivity index (χ4v) is 8.52. The van der Waals surface area contributed by atoms with Gasteiger partial charge in [0, 0.05) is 0 Å². The SMILES string of the molecule is O=P(O)(O)OP(=O)(OC(c1ccccc1)(c1ccccc1)c1ccccc1)OC(c1ccccc1)(c1ccccc1)c1ccccc1. The van der Waals surface area contributed by atoms with Gasteiger partial charge in [0.2, 0.25) is 0 Å². The lowest BCUT2D eigenvalue weighted by Crippen LogP contribution is -2.36. The highest BCUT2D eigenvalue weighted by atomic mass is 31.3. The average Bonchev–Trinajstić information content (AvgIpc) is 3.11. The standard InChI is InChI=1S/C38H32O7P2/c39-46(40,41)45-47(42,43-37(31-19-7-1-8-20-31,32-21-9-2-10-22-32)33-23-11-3-12-24-33)44-38(34-25-13-4-14-26-34,35-27-15-5-16-28-35)36-29-17-6-18-30-36/h1-30H,(H2,39,40,41). The fraction of sp³-hybridized carbons (Fsp3) is 0.0526. The summed E-state index contributed by atoms with van der Waals surface area (Å²) in [7, 11) is -10.9. The quantitative estimate of drug-likeness (QED) is 0.0995. The Morgan fingerprint density at radius 3 is 0.723 bits per heavy atom. The number of rotatable bonds is 12. The molecule has 0 amide bonds. The predicted molar refractivity (Wildman–Crippen MR) is 181 cm³/mol. The molecule has 0 heterocycles. The van der Waals surface area contributed by atoms with Crippen molar-refractivity contribution in [1.82, 2.24) is 0 Å². The van der Waals surface area contributed by atoms with Gasteiger partial charge in [-0.1, -0.05) is 182 Å². The van der Waals surface area contributed by atoms with Gasteiger partial charge in [-0.3, -0.25) is 9.05 Å². The zero-order chi connectivity index (χ0) is 32.8. The van der Waals surface area contributed by atoms with E-state index in [-0.39, 0.29) is 0 Å². The van der Waals surface area contributed by atoms with E-state index in [0.29, 0.717) is 33.4 Å². The summed E-state index contributed by atoms with van der Waals surface area (Å²) < 4.78 is 47.0. The number of hydrogen-bond acceptors (Lipinski definition) is 5. The van der Waals surface area contributed by atoms with Crippen molar-refractivity contribution in [3.63, 3.8) is 0 Å². The summed E-state index contributed by atoms with van der Waals surface area (Å²) >= 11 is 0. The van der Waals surface area contributed by atoms with Gasteiger partial charge < -0.3 is 9.79 Å². The minimum Gasteiger partial charge on any atom is -0.302 e. The Kier molecular flexibility index (Phi) is 9.51. The molecule has 0 saturated heterocycles. The maximum Gasteiger partial charge on any atom is 0.486 e. The summed E-state index contributed by atoms with van der Waals surface area (Å²) in [6.45, 7) is 0. The van der Waals surface area contributed by atoms with Crippen LogP contribution >= 0.6 is 15.6 Å². The zero-order valence-electron chi connectivity index (χ0n) is 25.2. The average molecular weight is 663 g/mol. The van der Waals surface area contributed by atoms with E-state index in [2.05, 4.69) is 0 Å². The van der Waals surface area contributed by atoms with Crippen LogP contribution in [-0.2, 0) is 33.7 Å². The molecule has 7 nitrogen and oxygen atoms in total. The summed E-state index contributed by atoms with van der Waals surface area (Å²) in [4.78, 5) is 20.7. The number of benzene rings is 6. The van der Waals surface area contributed by atoms with E-state index in [4.69, 9.17) is 13.4 Å². The molecule has 6 rings (SSSR count). The van der Waals surface area contributed by atoms with E-state index in [1.165, 1.54) is 0 Å². The van der Waals surface area contributed by atoms with Crippen LogP contribution in [0.15, 0.2) is 182 Å². The predicted octanol–water partition coefficient (Wildman–Crippen LogP) is 9.22. The first kappa shape index (κ1) is 32.5. The largest absolute Gasteiger partial charge is 0.486 e. The first-order valence-electron chi connectivity index (χ1n) is 14.9. The second-order valence-electron chi connectivity index (χ2n) is 10.8. The van der Waals surface area contributed by atoms with Crippen LogP contribution in [0.1, 0.15) is 33.4 Å². The highest BCUT2D eigenvalue weighted by Crippen LogP contribution is 2.69. The minimum absolute atomic E-state index is 0.528. The van der Waals surface area contributed by atoms with Gasteiger partial charge in [0.05, 0.1) is 0 Å². The molecule has 9 heteroatoms. The van der Waals surface area contributed by atoms with E-state index in [1.54, 1.807) is 146 Å². The highest BCUT2D eigenvalue weighted by molar-refractivity contribution is 7.61. The molecule has 0 aromatic heterocycles. The Morgan fingerprint density at radius 2 is 0.553 bits per heavy atom. The third kappa shape index (κ3) is 6.84. The molecule has 0 radical (unpaired) electrons. The lowest BCUT2D eigenvalue weighted by atomic mass is 9.80. The molecule has 0 saturated carbocycles. The summed E-state index contributed by atoms with van der Waals surface area (Å²) in [5, 5.41) is 0. The van der Waals surface area contributed by atoms with Crippen molar-refractivity contribution in [2.75, 3.05) is 0 Å².